The summed E-state index contributed by atoms with van der Waals surface area (Å²) in [4.78, 5) is 48.6. The third-order valence-electron chi connectivity index (χ3n) is 9.25. The number of likely N-dealkylation sites (tertiary alicyclic amines) is 1. The van der Waals surface area contributed by atoms with E-state index in [2.05, 4.69) is 13.2 Å². The molecule has 4 rings (SSSR count). The van der Waals surface area contributed by atoms with E-state index in [9.17, 15) is 19.5 Å². The van der Waals surface area contributed by atoms with Crippen LogP contribution in [-0.4, -0.2) is 82.2 Å². The molecule has 3 saturated heterocycles. The van der Waals surface area contributed by atoms with Gasteiger partial charge in [-0.25, -0.2) is 0 Å². The van der Waals surface area contributed by atoms with Crippen molar-refractivity contribution in [3.63, 3.8) is 0 Å². The van der Waals surface area contributed by atoms with Crippen LogP contribution in [0.1, 0.15) is 58.9 Å². The largest absolute Gasteiger partial charge is 0.394 e. The van der Waals surface area contributed by atoms with Gasteiger partial charge in [-0.15, -0.1) is 13.2 Å². The predicted octanol–water partition coefficient (Wildman–Crippen LogP) is 4.76. The molecule has 0 aliphatic carbocycles. The van der Waals surface area contributed by atoms with Crippen molar-refractivity contribution in [2.75, 3.05) is 31.1 Å². The molecular weight excluding hydrogens is 554 g/mol. The summed E-state index contributed by atoms with van der Waals surface area (Å²) < 4.78 is 6.85. The van der Waals surface area contributed by atoms with Crippen molar-refractivity contribution in [1.29, 1.82) is 0 Å². The molecule has 2 unspecified atom stereocenters. The van der Waals surface area contributed by atoms with Gasteiger partial charge in [0, 0.05) is 19.6 Å². The first-order chi connectivity index (χ1) is 19.9. The maximum absolute atomic E-state index is 14.9. The van der Waals surface area contributed by atoms with E-state index in [1.807, 2.05) is 46.8 Å². The Morgan fingerprint density at radius 1 is 1.21 bits per heavy atom. The zero-order valence-corrected chi connectivity index (χ0v) is 26.4. The van der Waals surface area contributed by atoms with E-state index in [0.717, 1.165) is 12.0 Å². The zero-order chi connectivity index (χ0) is 31.0. The summed E-state index contributed by atoms with van der Waals surface area (Å²) in [6, 6.07) is 3.78. The van der Waals surface area contributed by atoms with Crippen molar-refractivity contribution < 1.29 is 24.2 Å². The molecule has 3 aliphatic heterocycles. The summed E-state index contributed by atoms with van der Waals surface area (Å²) in [7, 11) is 0. The molecule has 0 saturated carbocycles. The van der Waals surface area contributed by atoms with Gasteiger partial charge in [-0.1, -0.05) is 56.7 Å². The maximum Gasteiger partial charge on any atom is 0.253 e. The monoisotopic (exact) mass is 599 g/mol. The van der Waals surface area contributed by atoms with Crippen LogP contribution in [0.5, 0.6) is 0 Å². The standard InChI is InChI=1S/C33H46ClN3O5/c1-8-16-35(17-9-2)29(39)25-26-30(40)37(23(20-38)19-21(4)5)28(33(26)15-14-32(25,7)42-33)31(41)36(18-10-3)27-22(6)12-11-13-24(27)34/h8,10-13,21,23,25-26,28,38H,1,3,9,14-20H2,2,4-7H3/t23-,25+,26+,28?,32-,33?/m1/s1. The van der Waals surface area contributed by atoms with Crippen LogP contribution in [0.25, 0.3) is 0 Å². The van der Waals surface area contributed by atoms with Crippen LogP contribution in [0.2, 0.25) is 5.02 Å². The summed E-state index contributed by atoms with van der Waals surface area (Å²) in [5, 5.41) is 11.0. The molecule has 42 heavy (non-hydrogen) atoms. The normalized spacial score (nSPS) is 28.6. The second-order valence-electron chi connectivity index (χ2n) is 12.7. The number of nitrogens with zero attached hydrogens (tertiary/aromatic N) is 3. The Kier molecular flexibility index (Phi) is 9.60. The Hall–Kier alpha value is -2.68. The number of carbonyl (C=O) groups excluding carboxylic acids is 3. The molecule has 1 N–H and O–H groups in total. The number of benzene rings is 1. The summed E-state index contributed by atoms with van der Waals surface area (Å²) in [5.74, 6) is -2.25. The Labute approximate surface area is 255 Å². The fraction of sp³-hybridized carbons (Fsp3) is 0.606. The van der Waals surface area contributed by atoms with Gasteiger partial charge in [0.2, 0.25) is 11.8 Å². The fourth-order valence-corrected chi connectivity index (χ4v) is 8.00. The third-order valence-corrected chi connectivity index (χ3v) is 9.56. The highest BCUT2D eigenvalue weighted by Gasteiger charge is 2.79. The van der Waals surface area contributed by atoms with E-state index in [1.165, 1.54) is 0 Å². The number of hydrogen-bond donors (Lipinski definition) is 1. The van der Waals surface area contributed by atoms with E-state index >= 15 is 0 Å². The molecule has 6 atom stereocenters. The van der Waals surface area contributed by atoms with Gasteiger partial charge in [0.25, 0.3) is 5.91 Å². The van der Waals surface area contributed by atoms with E-state index < -0.39 is 35.1 Å². The maximum atomic E-state index is 14.9. The molecule has 230 valence electrons. The van der Waals surface area contributed by atoms with Crippen LogP contribution in [-0.2, 0) is 19.1 Å². The van der Waals surface area contributed by atoms with E-state index in [4.69, 9.17) is 16.3 Å². The Bertz CT molecular complexity index is 1220. The van der Waals surface area contributed by atoms with Gasteiger partial charge >= 0.3 is 0 Å². The number of aliphatic hydroxyl groups excluding tert-OH is 1. The molecule has 1 spiro atoms. The van der Waals surface area contributed by atoms with Crippen LogP contribution in [0.3, 0.4) is 0 Å². The molecule has 1 aromatic carbocycles. The van der Waals surface area contributed by atoms with Crippen LogP contribution in [0, 0.1) is 24.7 Å². The highest BCUT2D eigenvalue weighted by Crippen LogP contribution is 2.64. The summed E-state index contributed by atoms with van der Waals surface area (Å²) in [6.45, 7) is 18.3. The number of anilines is 1. The molecule has 2 bridgehead atoms. The fourth-order valence-electron chi connectivity index (χ4n) is 7.68. The third kappa shape index (κ3) is 5.20. The van der Waals surface area contributed by atoms with Crippen LogP contribution < -0.4 is 4.90 Å². The molecule has 0 aromatic heterocycles. The number of hydrogen-bond acceptors (Lipinski definition) is 5. The lowest BCUT2D eigenvalue weighted by molar-refractivity contribution is -0.152. The van der Waals surface area contributed by atoms with Crippen molar-refractivity contribution in [2.24, 2.45) is 17.8 Å². The molecule has 9 heteroatoms. The minimum Gasteiger partial charge on any atom is -0.394 e. The predicted molar refractivity (Wildman–Crippen MR) is 165 cm³/mol. The number of aliphatic hydroxyl groups is 1. The van der Waals surface area contributed by atoms with Gasteiger partial charge in [0.1, 0.15) is 11.6 Å². The first-order valence-electron chi connectivity index (χ1n) is 15.1. The van der Waals surface area contributed by atoms with Gasteiger partial charge in [-0.3, -0.25) is 14.4 Å². The summed E-state index contributed by atoms with van der Waals surface area (Å²) in [6.07, 6.45) is 5.57. The molecular formula is C33H46ClN3O5. The van der Waals surface area contributed by atoms with E-state index in [1.54, 1.807) is 32.9 Å². The van der Waals surface area contributed by atoms with Crippen LogP contribution in [0.4, 0.5) is 5.69 Å². The van der Waals surface area contributed by atoms with Crippen molar-refractivity contribution in [1.82, 2.24) is 9.80 Å². The van der Waals surface area contributed by atoms with Crippen LogP contribution >= 0.6 is 11.6 Å². The Balaban J connectivity index is 1.89. The van der Waals surface area contributed by atoms with Crippen molar-refractivity contribution in [3.8, 4) is 0 Å². The lowest BCUT2D eigenvalue weighted by atomic mass is 9.66. The SMILES string of the molecule is C=CCN(CCC)C(=O)[C@@H]1[C@H]2C(=O)N([C@@H](CO)CC(C)C)C(C(=O)N(CC=C)c3c(C)cccc3Cl)C23CC[C@@]1(C)O3. The van der Waals surface area contributed by atoms with Gasteiger partial charge in [-0.05, 0) is 57.1 Å². The average molecular weight is 600 g/mol. The number of para-hydroxylation sites is 1. The number of amides is 3. The van der Waals surface area contributed by atoms with E-state index in [-0.39, 0.29) is 36.8 Å². The lowest BCUT2D eigenvalue weighted by Crippen LogP contribution is -2.59. The molecule has 3 aliphatic rings. The number of rotatable bonds is 13. The zero-order valence-electron chi connectivity index (χ0n) is 25.6. The molecule has 8 nitrogen and oxygen atoms in total. The smallest absolute Gasteiger partial charge is 0.253 e. The van der Waals surface area contributed by atoms with Gasteiger partial charge < -0.3 is 24.5 Å². The molecule has 3 amide bonds. The lowest BCUT2D eigenvalue weighted by Gasteiger charge is -2.40. The number of halogens is 1. The minimum atomic E-state index is -1.21. The molecule has 3 heterocycles. The quantitative estimate of drug-likeness (QED) is 0.330. The Morgan fingerprint density at radius 3 is 2.48 bits per heavy atom. The van der Waals surface area contributed by atoms with Crippen molar-refractivity contribution in [2.45, 2.75) is 83.6 Å². The first kappa shape index (κ1) is 32.2. The average Bonchev–Trinajstić information content (AvgIpc) is 3.50. The summed E-state index contributed by atoms with van der Waals surface area (Å²) >= 11 is 6.67. The van der Waals surface area contributed by atoms with Gasteiger partial charge in [-0.2, -0.15) is 0 Å². The molecule has 0 radical (unpaired) electrons. The van der Waals surface area contributed by atoms with E-state index in [0.29, 0.717) is 43.1 Å². The topological polar surface area (TPSA) is 90.4 Å². The van der Waals surface area contributed by atoms with Crippen LogP contribution in [0.15, 0.2) is 43.5 Å². The van der Waals surface area contributed by atoms with Crippen molar-refractivity contribution >= 4 is 35.0 Å². The van der Waals surface area contributed by atoms with Crippen molar-refractivity contribution in [3.05, 3.63) is 54.1 Å². The second kappa shape index (κ2) is 12.5. The number of aryl methyl sites for hydroxylation is 1. The summed E-state index contributed by atoms with van der Waals surface area (Å²) in [5.41, 5.74) is -0.758. The van der Waals surface area contributed by atoms with Gasteiger partial charge in [0.15, 0.2) is 0 Å². The molecule has 1 aromatic rings. The second-order valence-corrected chi connectivity index (χ2v) is 13.1. The Morgan fingerprint density at radius 2 is 1.90 bits per heavy atom. The molecule has 3 fully saturated rings. The highest BCUT2D eigenvalue weighted by molar-refractivity contribution is 6.34. The number of carbonyl (C=O) groups is 3. The number of ether oxygens (including phenoxy) is 1. The minimum absolute atomic E-state index is 0.151. The number of fused-ring (bicyclic) bond motifs is 1. The highest BCUT2D eigenvalue weighted by atomic mass is 35.5. The first-order valence-corrected chi connectivity index (χ1v) is 15.5. The van der Waals surface area contributed by atoms with Gasteiger partial charge in [0.05, 0.1) is 40.8 Å².